The van der Waals surface area contributed by atoms with Crippen molar-refractivity contribution in [1.29, 1.82) is 0 Å². The molecule has 0 spiro atoms. The van der Waals surface area contributed by atoms with E-state index in [0.29, 0.717) is 16.3 Å². The molecule has 0 heterocycles. The van der Waals surface area contributed by atoms with E-state index in [1.165, 1.54) is 7.11 Å². The highest BCUT2D eigenvalue weighted by molar-refractivity contribution is 6.42. The number of carbonyl (C=O) groups is 2. The van der Waals surface area contributed by atoms with Crippen molar-refractivity contribution < 1.29 is 19.4 Å². The zero-order valence-corrected chi connectivity index (χ0v) is 11.5. The second kappa shape index (κ2) is 5.40. The van der Waals surface area contributed by atoms with E-state index in [2.05, 4.69) is 0 Å². The third-order valence-corrected chi connectivity index (χ3v) is 3.14. The van der Waals surface area contributed by atoms with Crippen LogP contribution in [0.1, 0.15) is 41.3 Å². The average molecular weight is 271 g/mol. The lowest BCUT2D eigenvalue weighted by Crippen LogP contribution is -2.17. The largest absolute Gasteiger partial charge is 0.496 e. The van der Waals surface area contributed by atoms with Crippen molar-refractivity contribution in [3.8, 4) is 5.75 Å². The fourth-order valence-electron chi connectivity index (χ4n) is 1.77. The van der Waals surface area contributed by atoms with Crippen LogP contribution in [0.5, 0.6) is 5.75 Å². The highest BCUT2D eigenvalue weighted by Crippen LogP contribution is 2.36. The van der Waals surface area contributed by atoms with Gasteiger partial charge in [-0.3, -0.25) is 4.79 Å². The standard InChI is InChI=1S/C13H15ClO4/c1-6(2)8-5-9(14)7(3)10(12(8)18-4)11(15)13(16)17/h5-6H,1-4H3,(H,16,17). The number of aliphatic carboxylic acids is 1. The summed E-state index contributed by atoms with van der Waals surface area (Å²) in [6.07, 6.45) is 0. The molecule has 18 heavy (non-hydrogen) atoms. The SMILES string of the molecule is COc1c(C(C)C)cc(Cl)c(C)c1C(=O)C(=O)O. The molecule has 0 fully saturated rings. The molecule has 0 amide bonds. The van der Waals surface area contributed by atoms with Gasteiger partial charge >= 0.3 is 5.97 Å². The van der Waals surface area contributed by atoms with Crippen LogP contribution < -0.4 is 4.74 Å². The molecular weight excluding hydrogens is 256 g/mol. The number of Topliss-reactive ketones (excluding diaryl/α,β-unsaturated/α-hetero) is 1. The van der Waals surface area contributed by atoms with Crippen LogP contribution in [0.4, 0.5) is 0 Å². The minimum atomic E-state index is -1.52. The van der Waals surface area contributed by atoms with Gasteiger partial charge in [0.15, 0.2) is 0 Å². The van der Waals surface area contributed by atoms with Gasteiger partial charge < -0.3 is 9.84 Å². The molecule has 0 aliphatic rings. The predicted molar refractivity (Wildman–Crippen MR) is 68.8 cm³/mol. The molecule has 0 aliphatic carbocycles. The average Bonchev–Trinajstić information content (AvgIpc) is 2.30. The Morgan fingerprint density at radius 3 is 2.33 bits per heavy atom. The van der Waals surface area contributed by atoms with Crippen molar-refractivity contribution in [2.75, 3.05) is 7.11 Å². The van der Waals surface area contributed by atoms with E-state index in [-0.39, 0.29) is 11.5 Å². The summed E-state index contributed by atoms with van der Waals surface area (Å²) in [6, 6.07) is 1.71. The van der Waals surface area contributed by atoms with Crippen molar-refractivity contribution in [1.82, 2.24) is 0 Å². The van der Waals surface area contributed by atoms with Crippen molar-refractivity contribution >= 4 is 23.4 Å². The van der Waals surface area contributed by atoms with Crippen LogP contribution >= 0.6 is 11.6 Å². The number of ether oxygens (including phenoxy) is 1. The number of hydrogen-bond donors (Lipinski definition) is 1. The molecule has 0 bridgehead atoms. The van der Waals surface area contributed by atoms with Gasteiger partial charge in [0.2, 0.25) is 0 Å². The van der Waals surface area contributed by atoms with E-state index in [1.54, 1.807) is 13.0 Å². The first-order valence-corrected chi connectivity index (χ1v) is 5.83. The third kappa shape index (κ3) is 2.48. The number of hydrogen-bond acceptors (Lipinski definition) is 3. The lowest BCUT2D eigenvalue weighted by atomic mass is 9.94. The number of methoxy groups -OCH3 is 1. The minimum Gasteiger partial charge on any atom is -0.496 e. The quantitative estimate of drug-likeness (QED) is 0.675. The molecule has 5 heteroatoms. The number of halogens is 1. The van der Waals surface area contributed by atoms with Gasteiger partial charge in [-0.25, -0.2) is 4.79 Å². The normalized spacial score (nSPS) is 10.6. The topological polar surface area (TPSA) is 63.6 Å². The summed E-state index contributed by atoms with van der Waals surface area (Å²) in [7, 11) is 1.41. The maximum absolute atomic E-state index is 11.7. The van der Waals surface area contributed by atoms with Gasteiger partial charge in [0.1, 0.15) is 5.75 Å². The van der Waals surface area contributed by atoms with Gasteiger partial charge in [-0.2, -0.15) is 0 Å². The summed E-state index contributed by atoms with van der Waals surface area (Å²) >= 11 is 6.04. The second-order valence-electron chi connectivity index (χ2n) is 4.27. The van der Waals surface area contributed by atoms with Crippen molar-refractivity contribution in [3.05, 3.63) is 27.8 Å². The number of ketones is 1. The molecule has 1 N–H and O–H groups in total. The summed E-state index contributed by atoms with van der Waals surface area (Å²) in [5, 5.41) is 9.22. The van der Waals surface area contributed by atoms with Gasteiger partial charge in [-0.05, 0) is 30.0 Å². The van der Waals surface area contributed by atoms with Crippen molar-refractivity contribution in [2.45, 2.75) is 26.7 Å². The molecule has 4 nitrogen and oxygen atoms in total. The Morgan fingerprint density at radius 2 is 1.94 bits per heavy atom. The molecule has 0 aromatic heterocycles. The summed E-state index contributed by atoms with van der Waals surface area (Å²) < 4.78 is 5.20. The van der Waals surface area contributed by atoms with E-state index < -0.39 is 11.8 Å². The molecular formula is C13H15ClO4. The fourth-order valence-corrected chi connectivity index (χ4v) is 1.99. The van der Waals surface area contributed by atoms with Crippen LogP contribution in [-0.4, -0.2) is 24.0 Å². The summed E-state index contributed by atoms with van der Waals surface area (Å²) in [6.45, 7) is 5.43. The molecule has 0 saturated heterocycles. The van der Waals surface area contributed by atoms with Crippen LogP contribution in [0.2, 0.25) is 5.02 Å². The predicted octanol–water partition coefficient (Wildman–Crippen LogP) is 3.05. The Bertz CT molecular complexity index is 506. The number of carbonyl (C=O) groups excluding carboxylic acids is 1. The Hall–Kier alpha value is -1.55. The molecule has 98 valence electrons. The van der Waals surface area contributed by atoms with E-state index in [4.69, 9.17) is 21.4 Å². The van der Waals surface area contributed by atoms with Gasteiger partial charge in [0.25, 0.3) is 5.78 Å². The molecule has 0 unspecified atom stereocenters. The highest BCUT2D eigenvalue weighted by atomic mass is 35.5. The van der Waals surface area contributed by atoms with Crippen molar-refractivity contribution in [2.24, 2.45) is 0 Å². The summed E-state index contributed by atoms with van der Waals surface area (Å²) in [4.78, 5) is 22.6. The zero-order valence-electron chi connectivity index (χ0n) is 10.7. The number of benzene rings is 1. The van der Waals surface area contributed by atoms with E-state index >= 15 is 0 Å². The molecule has 0 saturated carbocycles. The van der Waals surface area contributed by atoms with Gasteiger partial charge in [0, 0.05) is 5.02 Å². The zero-order chi connectivity index (χ0) is 14.0. The molecule has 1 rings (SSSR count). The Balaban J connectivity index is 3.66. The highest BCUT2D eigenvalue weighted by Gasteiger charge is 2.26. The number of rotatable bonds is 4. The van der Waals surface area contributed by atoms with Crippen LogP contribution in [0.15, 0.2) is 6.07 Å². The molecule has 1 aromatic carbocycles. The van der Waals surface area contributed by atoms with Crippen molar-refractivity contribution in [3.63, 3.8) is 0 Å². The van der Waals surface area contributed by atoms with E-state index in [9.17, 15) is 9.59 Å². The van der Waals surface area contributed by atoms with E-state index in [1.807, 2.05) is 13.8 Å². The van der Waals surface area contributed by atoms with Crippen LogP contribution in [-0.2, 0) is 4.79 Å². The maximum Gasteiger partial charge on any atom is 0.377 e. The fraction of sp³-hybridized carbons (Fsp3) is 0.385. The lowest BCUT2D eigenvalue weighted by Gasteiger charge is -2.17. The minimum absolute atomic E-state index is 0.0289. The first-order chi connectivity index (χ1) is 8.31. The Labute approximate surface area is 111 Å². The monoisotopic (exact) mass is 270 g/mol. The Kier molecular flexibility index (Phi) is 4.35. The molecule has 0 aliphatic heterocycles. The van der Waals surface area contributed by atoms with Crippen LogP contribution in [0, 0.1) is 6.92 Å². The summed E-state index contributed by atoms with van der Waals surface area (Å²) in [5.41, 5.74) is 1.17. The van der Waals surface area contributed by atoms with E-state index in [0.717, 1.165) is 5.56 Å². The molecule has 0 radical (unpaired) electrons. The van der Waals surface area contributed by atoms with Gasteiger partial charge in [-0.1, -0.05) is 25.4 Å². The molecule has 1 aromatic rings. The van der Waals surface area contributed by atoms with Gasteiger partial charge in [-0.15, -0.1) is 0 Å². The smallest absolute Gasteiger partial charge is 0.377 e. The summed E-state index contributed by atoms with van der Waals surface area (Å²) in [5.74, 6) is -2.17. The van der Waals surface area contributed by atoms with Gasteiger partial charge in [0.05, 0.1) is 12.7 Å². The van der Waals surface area contributed by atoms with Crippen LogP contribution in [0.25, 0.3) is 0 Å². The third-order valence-electron chi connectivity index (χ3n) is 2.75. The lowest BCUT2D eigenvalue weighted by molar-refractivity contribution is -0.131. The number of carboxylic acid groups (broad SMARTS) is 1. The maximum atomic E-state index is 11.7. The molecule has 0 atom stereocenters. The number of carboxylic acids is 1. The Morgan fingerprint density at radius 1 is 1.39 bits per heavy atom. The second-order valence-corrected chi connectivity index (χ2v) is 4.68. The first-order valence-electron chi connectivity index (χ1n) is 5.45. The van der Waals surface area contributed by atoms with Crippen LogP contribution in [0.3, 0.4) is 0 Å². The first kappa shape index (κ1) is 14.5.